The Morgan fingerprint density at radius 1 is 1.12 bits per heavy atom. The Hall–Kier alpha value is -2.12. The number of piperidine rings is 1. The number of amides is 3. The van der Waals surface area contributed by atoms with Crippen LogP contribution in [0.5, 0.6) is 5.75 Å². The largest absolute Gasteiger partial charge is 0.494 e. The van der Waals surface area contributed by atoms with Crippen molar-refractivity contribution in [3.8, 4) is 5.75 Å². The highest BCUT2D eigenvalue weighted by Crippen LogP contribution is 2.37. The van der Waals surface area contributed by atoms with Crippen LogP contribution < -0.4 is 10.1 Å². The number of hydrogen-bond donors (Lipinski definition) is 1. The number of likely N-dealkylation sites (tertiary alicyclic amines) is 1. The molecule has 3 saturated heterocycles. The monoisotopic (exact) mass is 443 g/mol. The lowest BCUT2D eigenvalue weighted by Crippen LogP contribution is -2.56. The molecule has 3 aliphatic heterocycles. The molecule has 0 bridgehead atoms. The fourth-order valence-corrected chi connectivity index (χ4v) is 5.55. The smallest absolute Gasteiger partial charge is 0.325 e. The number of hydrogen-bond acceptors (Lipinski definition) is 5. The SMILES string of the molecule is CCC[C@]1(C2CCN(Cc3ccc(OCC)cc3)CC2)NC(=O)N(C[C@@H]2CCCO2)C1=O. The van der Waals surface area contributed by atoms with Crippen LogP contribution in [-0.2, 0) is 16.1 Å². The summed E-state index contributed by atoms with van der Waals surface area (Å²) < 4.78 is 11.2. The molecule has 2 atom stereocenters. The Kier molecular flexibility index (Phi) is 7.36. The summed E-state index contributed by atoms with van der Waals surface area (Å²) in [5.74, 6) is 1.04. The van der Waals surface area contributed by atoms with Crippen molar-refractivity contribution < 1.29 is 19.1 Å². The van der Waals surface area contributed by atoms with Gasteiger partial charge >= 0.3 is 6.03 Å². The first kappa shape index (κ1) is 23.1. The first-order chi connectivity index (χ1) is 15.6. The Balaban J connectivity index is 1.37. The molecule has 0 unspecified atom stereocenters. The van der Waals surface area contributed by atoms with E-state index in [9.17, 15) is 9.59 Å². The second kappa shape index (κ2) is 10.2. The summed E-state index contributed by atoms with van der Waals surface area (Å²) in [7, 11) is 0. The molecule has 1 aromatic carbocycles. The highest BCUT2D eigenvalue weighted by molar-refractivity contribution is 6.07. The lowest BCUT2D eigenvalue weighted by Gasteiger charge is -2.41. The fourth-order valence-electron chi connectivity index (χ4n) is 5.55. The van der Waals surface area contributed by atoms with Gasteiger partial charge in [0, 0.05) is 13.2 Å². The second-order valence-electron chi connectivity index (χ2n) is 9.33. The molecule has 4 rings (SSSR count). The van der Waals surface area contributed by atoms with Crippen LogP contribution in [0.15, 0.2) is 24.3 Å². The first-order valence-electron chi connectivity index (χ1n) is 12.3. The highest BCUT2D eigenvalue weighted by Gasteiger charge is 2.55. The van der Waals surface area contributed by atoms with E-state index in [0.29, 0.717) is 19.6 Å². The van der Waals surface area contributed by atoms with E-state index in [1.165, 1.54) is 10.5 Å². The number of nitrogens with one attached hydrogen (secondary N) is 1. The van der Waals surface area contributed by atoms with Crippen LogP contribution in [0.25, 0.3) is 0 Å². The van der Waals surface area contributed by atoms with Gasteiger partial charge < -0.3 is 14.8 Å². The van der Waals surface area contributed by atoms with Crippen LogP contribution in [0.4, 0.5) is 4.79 Å². The first-order valence-corrected chi connectivity index (χ1v) is 12.3. The molecule has 0 radical (unpaired) electrons. The van der Waals surface area contributed by atoms with Crippen molar-refractivity contribution in [3.63, 3.8) is 0 Å². The zero-order valence-electron chi connectivity index (χ0n) is 19.5. The van der Waals surface area contributed by atoms with Gasteiger partial charge in [-0.1, -0.05) is 25.5 Å². The normalized spacial score (nSPS) is 27.2. The predicted octanol–water partition coefficient (Wildman–Crippen LogP) is 3.57. The molecule has 1 N–H and O–H groups in total. The molecule has 0 aliphatic carbocycles. The summed E-state index contributed by atoms with van der Waals surface area (Å²) in [6, 6.07) is 8.06. The van der Waals surface area contributed by atoms with Crippen LogP contribution >= 0.6 is 0 Å². The maximum atomic E-state index is 13.5. The maximum Gasteiger partial charge on any atom is 0.325 e. The third-order valence-electron chi connectivity index (χ3n) is 7.18. The number of rotatable bonds is 9. The van der Waals surface area contributed by atoms with Gasteiger partial charge in [-0.3, -0.25) is 14.6 Å². The number of nitrogens with zero attached hydrogens (tertiary/aromatic N) is 2. The van der Waals surface area contributed by atoms with Crippen molar-refractivity contribution in [1.82, 2.24) is 15.1 Å². The minimum Gasteiger partial charge on any atom is -0.494 e. The summed E-state index contributed by atoms with van der Waals surface area (Å²) in [4.78, 5) is 30.2. The summed E-state index contributed by atoms with van der Waals surface area (Å²) in [5.41, 5.74) is 0.513. The summed E-state index contributed by atoms with van der Waals surface area (Å²) >= 11 is 0. The number of carbonyl (C=O) groups is 2. The molecule has 0 aromatic heterocycles. The molecule has 0 saturated carbocycles. The summed E-state index contributed by atoms with van der Waals surface area (Å²) in [6.45, 7) is 8.61. The molecule has 3 aliphatic rings. The Bertz CT molecular complexity index is 785. The van der Waals surface area contributed by atoms with E-state index in [-0.39, 0.29) is 24.0 Å². The quantitative estimate of drug-likeness (QED) is 0.591. The molecule has 3 fully saturated rings. The van der Waals surface area contributed by atoms with Crippen LogP contribution in [0.1, 0.15) is 57.9 Å². The number of benzene rings is 1. The molecule has 176 valence electrons. The Morgan fingerprint density at radius 3 is 2.50 bits per heavy atom. The second-order valence-corrected chi connectivity index (χ2v) is 9.33. The molecule has 0 spiro atoms. The van der Waals surface area contributed by atoms with Gasteiger partial charge in [0.15, 0.2) is 0 Å². The Morgan fingerprint density at radius 2 is 1.88 bits per heavy atom. The van der Waals surface area contributed by atoms with E-state index in [1.54, 1.807) is 0 Å². The zero-order valence-corrected chi connectivity index (χ0v) is 19.5. The number of carbonyl (C=O) groups excluding carboxylic acids is 2. The molecular formula is C25H37N3O4. The van der Waals surface area contributed by atoms with E-state index < -0.39 is 5.54 Å². The Labute approximate surface area is 191 Å². The predicted molar refractivity (Wildman–Crippen MR) is 122 cm³/mol. The minimum atomic E-state index is -0.754. The maximum absolute atomic E-state index is 13.5. The van der Waals surface area contributed by atoms with Gasteiger partial charge in [-0.25, -0.2) is 4.79 Å². The van der Waals surface area contributed by atoms with Gasteiger partial charge in [0.05, 0.1) is 19.3 Å². The summed E-state index contributed by atoms with van der Waals surface area (Å²) in [5, 5.41) is 3.14. The van der Waals surface area contributed by atoms with Crippen molar-refractivity contribution in [2.45, 2.75) is 70.6 Å². The average Bonchev–Trinajstić information content (AvgIpc) is 3.39. The number of ether oxygens (including phenoxy) is 2. The fraction of sp³-hybridized carbons (Fsp3) is 0.680. The van der Waals surface area contributed by atoms with E-state index in [0.717, 1.165) is 64.1 Å². The molecule has 7 nitrogen and oxygen atoms in total. The number of imide groups is 1. The van der Waals surface area contributed by atoms with E-state index in [2.05, 4.69) is 29.3 Å². The molecule has 1 aromatic rings. The highest BCUT2D eigenvalue weighted by atomic mass is 16.5. The van der Waals surface area contributed by atoms with Crippen molar-refractivity contribution in [2.24, 2.45) is 5.92 Å². The van der Waals surface area contributed by atoms with E-state index in [4.69, 9.17) is 9.47 Å². The van der Waals surface area contributed by atoms with Gasteiger partial charge in [-0.05, 0) is 75.7 Å². The lowest BCUT2D eigenvalue weighted by molar-refractivity contribution is -0.135. The van der Waals surface area contributed by atoms with Crippen LogP contribution in [0.2, 0.25) is 0 Å². The minimum absolute atomic E-state index is 0.0157. The summed E-state index contributed by atoms with van der Waals surface area (Å²) in [6.07, 6.45) is 5.30. The van der Waals surface area contributed by atoms with Crippen molar-refractivity contribution in [1.29, 1.82) is 0 Å². The van der Waals surface area contributed by atoms with Gasteiger partial charge in [0.2, 0.25) is 0 Å². The van der Waals surface area contributed by atoms with Gasteiger partial charge in [0.1, 0.15) is 11.3 Å². The van der Waals surface area contributed by atoms with Gasteiger partial charge in [-0.2, -0.15) is 0 Å². The van der Waals surface area contributed by atoms with Crippen molar-refractivity contribution in [3.05, 3.63) is 29.8 Å². The topological polar surface area (TPSA) is 71.1 Å². The van der Waals surface area contributed by atoms with Crippen molar-refractivity contribution >= 4 is 11.9 Å². The zero-order chi connectivity index (χ0) is 22.6. The standard InChI is InChI=1S/C25H37N3O4/c1-3-13-25(23(29)28(24(30)26-25)18-22-6-5-16-32-22)20-11-14-27(15-12-20)17-19-7-9-21(10-8-19)31-4-2/h7-10,20,22H,3-6,11-18H2,1-2H3,(H,26,30)/t22-,25+/m0/s1. The third-order valence-corrected chi connectivity index (χ3v) is 7.18. The average molecular weight is 444 g/mol. The molecular weight excluding hydrogens is 406 g/mol. The van der Waals surface area contributed by atoms with Crippen LogP contribution in [-0.4, -0.2) is 66.2 Å². The van der Waals surface area contributed by atoms with Crippen LogP contribution in [0.3, 0.4) is 0 Å². The lowest BCUT2D eigenvalue weighted by atomic mass is 9.74. The molecule has 32 heavy (non-hydrogen) atoms. The van der Waals surface area contributed by atoms with Gasteiger partial charge in [-0.15, -0.1) is 0 Å². The van der Waals surface area contributed by atoms with Gasteiger partial charge in [0.25, 0.3) is 5.91 Å². The molecule has 3 heterocycles. The molecule has 7 heteroatoms. The molecule has 3 amide bonds. The van der Waals surface area contributed by atoms with Crippen LogP contribution in [0, 0.1) is 5.92 Å². The number of urea groups is 1. The van der Waals surface area contributed by atoms with Crippen molar-refractivity contribution in [2.75, 3.05) is 32.8 Å². The van der Waals surface area contributed by atoms with E-state index >= 15 is 0 Å². The third kappa shape index (κ3) is 4.79. The van der Waals surface area contributed by atoms with E-state index in [1.807, 2.05) is 19.1 Å².